The van der Waals surface area contributed by atoms with Crippen LogP contribution in [0.25, 0.3) is 0 Å². The number of hydrogen-bond acceptors (Lipinski definition) is 6. The molecule has 1 atom stereocenters. The van der Waals surface area contributed by atoms with Crippen molar-refractivity contribution in [2.24, 2.45) is 5.92 Å². The maximum Gasteiger partial charge on any atom is 0.352 e. The number of ether oxygens (including phenoxy) is 1. The van der Waals surface area contributed by atoms with E-state index in [1.165, 1.54) is 0 Å². The lowest BCUT2D eigenvalue weighted by atomic mass is 10.1. The van der Waals surface area contributed by atoms with E-state index >= 15 is 0 Å². The van der Waals surface area contributed by atoms with Gasteiger partial charge in [0.15, 0.2) is 0 Å². The number of rotatable bonds is 6. The second-order valence-corrected chi connectivity index (χ2v) is 4.64. The summed E-state index contributed by atoms with van der Waals surface area (Å²) in [4.78, 5) is 18.7. The van der Waals surface area contributed by atoms with Crippen molar-refractivity contribution in [1.82, 2.24) is 9.97 Å². The molecule has 106 valence electrons. The lowest BCUT2D eigenvalue weighted by Gasteiger charge is -2.17. The largest absolute Gasteiger partial charge is 0.469 e. The van der Waals surface area contributed by atoms with E-state index in [9.17, 15) is 10.1 Å². The van der Waals surface area contributed by atoms with Gasteiger partial charge in [0.1, 0.15) is 11.8 Å². The molecule has 0 aliphatic heterocycles. The Morgan fingerprint density at radius 1 is 1.37 bits per heavy atom. The number of hydrogen-bond donors (Lipinski definition) is 1. The number of nitro groups is 1. The molecule has 1 aromatic heterocycles. The van der Waals surface area contributed by atoms with Gasteiger partial charge >= 0.3 is 5.69 Å². The average Bonchev–Trinajstić information content (AvgIpc) is 2.27. The van der Waals surface area contributed by atoms with E-state index < -0.39 is 4.92 Å². The maximum absolute atomic E-state index is 11.1. The molecule has 1 heterocycles. The van der Waals surface area contributed by atoms with Crippen LogP contribution < -0.4 is 10.1 Å². The van der Waals surface area contributed by atoms with E-state index in [2.05, 4.69) is 15.3 Å². The standard InChI is InChI=1S/C12H20N4O3/c1-6-13-12-14-8(4)10(16(17)18)11(15-12)19-9(5)7(2)3/h7,9H,6H2,1-5H3,(H,13,14,15). The summed E-state index contributed by atoms with van der Waals surface area (Å²) in [6.45, 7) is 9.94. The molecular formula is C12H20N4O3. The summed E-state index contributed by atoms with van der Waals surface area (Å²) < 4.78 is 5.60. The van der Waals surface area contributed by atoms with Gasteiger partial charge in [0.2, 0.25) is 5.95 Å². The topological polar surface area (TPSA) is 90.2 Å². The van der Waals surface area contributed by atoms with E-state index in [0.717, 1.165) is 0 Å². The van der Waals surface area contributed by atoms with Gasteiger partial charge in [0, 0.05) is 6.54 Å². The highest BCUT2D eigenvalue weighted by Gasteiger charge is 2.25. The molecule has 0 spiro atoms. The number of nitrogens with zero attached hydrogens (tertiary/aromatic N) is 3. The van der Waals surface area contributed by atoms with Gasteiger partial charge in [0.05, 0.1) is 4.92 Å². The Balaban J connectivity index is 3.19. The van der Waals surface area contributed by atoms with E-state index in [1.54, 1.807) is 6.92 Å². The molecule has 7 nitrogen and oxygen atoms in total. The highest BCUT2D eigenvalue weighted by molar-refractivity contribution is 5.48. The van der Waals surface area contributed by atoms with Crippen molar-refractivity contribution in [3.63, 3.8) is 0 Å². The smallest absolute Gasteiger partial charge is 0.352 e. The first-order chi connectivity index (χ1) is 8.86. The predicted octanol–water partition coefficient (Wildman–Crippen LogP) is 2.55. The van der Waals surface area contributed by atoms with Crippen molar-refractivity contribution in [3.05, 3.63) is 15.8 Å². The molecule has 0 saturated heterocycles. The van der Waals surface area contributed by atoms with Crippen LogP contribution in [0.3, 0.4) is 0 Å². The molecule has 1 rings (SSSR count). The second-order valence-electron chi connectivity index (χ2n) is 4.64. The minimum Gasteiger partial charge on any atom is -0.469 e. The third kappa shape index (κ3) is 3.77. The van der Waals surface area contributed by atoms with Crippen molar-refractivity contribution in [3.8, 4) is 5.88 Å². The molecule has 0 aromatic carbocycles. The first-order valence-corrected chi connectivity index (χ1v) is 6.30. The zero-order valence-corrected chi connectivity index (χ0v) is 11.9. The van der Waals surface area contributed by atoms with Crippen LogP contribution in [0.15, 0.2) is 0 Å². The Labute approximate surface area is 112 Å². The predicted molar refractivity (Wildman–Crippen MR) is 72.5 cm³/mol. The van der Waals surface area contributed by atoms with E-state index in [0.29, 0.717) is 18.2 Å². The fraction of sp³-hybridized carbons (Fsp3) is 0.667. The van der Waals surface area contributed by atoms with E-state index in [1.807, 2.05) is 27.7 Å². The fourth-order valence-electron chi connectivity index (χ4n) is 1.38. The van der Waals surface area contributed by atoms with Crippen LogP contribution in [0.2, 0.25) is 0 Å². The van der Waals surface area contributed by atoms with Crippen molar-refractivity contribution < 1.29 is 9.66 Å². The van der Waals surface area contributed by atoms with Crippen molar-refractivity contribution in [2.75, 3.05) is 11.9 Å². The van der Waals surface area contributed by atoms with Gasteiger partial charge in [-0.3, -0.25) is 10.1 Å². The molecule has 0 saturated carbocycles. The summed E-state index contributed by atoms with van der Waals surface area (Å²) in [5.74, 6) is 0.601. The molecule has 0 amide bonds. The van der Waals surface area contributed by atoms with Gasteiger partial charge in [-0.2, -0.15) is 4.98 Å². The lowest BCUT2D eigenvalue weighted by Crippen LogP contribution is -2.21. The summed E-state index contributed by atoms with van der Waals surface area (Å²) in [5, 5.41) is 14.0. The van der Waals surface area contributed by atoms with Gasteiger partial charge in [-0.15, -0.1) is 0 Å². The summed E-state index contributed by atoms with van der Waals surface area (Å²) >= 11 is 0. The van der Waals surface area contributed by atoms with Gasteiger partial charge in [-0.1, -0.05) is 13.8 Å². The second kappa shape index (κ2) is 6.31. The summed E-state index contributed by atoms with van der Waals surface area (Å²) in [7, 11) is 0. The van der Waals surface area contributed by atoms with Crippen molar-refractivity contribution in [1.29, 1.82) is 0 Å². The quantitative estimate of drug-likeness (QED) is 0.629. The third-order valence-corrected chi connectivity index (χ3v) is 2.78. The molecule has 0 fully saturated rings. The van der Waals surface area contributed by atoms with Crippen molar-refractivity contribution >= 4 is 11.6 Å². The Bertz CT molecular complexity index is 463. The molecular weight excluding hydrogens is 248 g/mol. The zero-order valence-electron chi connectivity index (χ0n) is 11.9. The Morgan fingerprint density at radius 2 is 2.00 bits per heavy atom. The van der Waals surface area contributed by atoms with E-state index in [4.69, 9.17) is 4.74 Å². The van der Waals surface area contributed by atoms with Crippen LogP contribution in [0, 0.1) is 23.0 Å². The summed E-state index contributed by atoms with van der Waals surface area (Å²) in [5.41, 5.74) is 0.121. The molecule has 0 radical (unpaired) electrons. The van der Waals surface area contributed by atoms with Crippen LogP contribution in [-0.2, 0) is 0 Å². The Morgan fingerprint density at radius 3 is 2.47 bits per heavy atom. The third-order valence-electron chi connectivity index (χ3n) is 2.78. The van der Waals surface area contributed by atoms with Crippen LogP contribution in [0.1, 0.15) is 33.4 Å². The Hall–Kier alpha value is -1.92. The highest BCUT2D eigenvalue weighted by Crippen LogP contribution is 2.30. The number of nitrogens with one attached hydrogen (secondary N) is 1. The average molecular weight is 268 g/mol. The maximum atomic E-state index is 11.1. The molecule has 1 unspecified atom stereocenters. The highest BCUT2D eigenvalue weighted by atomic mass is 16.6. The molecule has 0 bridgehead atoms. The van der Waals surface area contributed by atoms with Gasteiger partial charge < -0.3 is 10.1 Å². The number of aryl methyl sites for hydroxylation is 1. The van der Waals surface area contributed by atoms with Gasteiger partial charge in [-0.25, -0.2) is 4.98 Å². The van der Waals surface area contributed by atoms with Crippen molar-refractivity contribution in [2.45, 2.75) is 40.7 Å². The molecule has 19 heavy (non-hydrogen) atoms. The summed E-state index contributed by atoms with van der Waals surface area (Å²) in [6, 6.07) is 0. The van der Waals surface area contributed by atoms with Crippen LogP contribution in [0.5, 0.6) is 5.88 Å². The summed E-state index contributed by atoms with van der Waals surface area (Å²) in [6.07, 6.45) is -0.164. The van der Waals surface area contributed by atoms with Crippen LogP contribution >= 0.6 is 0 Å². The first kappa shape index (κ1) is 15.1. The number of aromatic nitrogens is 2. The molecule has 7 heteroatoms. The first-order valence-electron chi connectivity index (χ1n) is 6.30. The molecule has 1 N–H and O–H groups in total. The normalized spacial score (nSPS) is 12.3. The minimum absolute atomic E-state index is 0.0228. The van der Waals surface area contributed by atoms with Crippen LogP contribution in [0.4, 0.5) is 11.6 Å². The Kier molecular flexibility index (Phi) is 5.02. The zero-order chi connectivity index (χ0) is 14.6. The molecule has 0 aliphatic carbocycles. The fourth-order valence-corrected chi connectivity index (χ4v) is 1.38. The number of anilines is 1. The van der Waals surface area contributed by atoms with Crippen LogP contribution in [-0.4, -0.2) is 27.5 Å². The molecule has 0 aliphatic rings. The SMILES string of the molecule is CCNc1nc(C)c([N+](=O)[O-])c(OC(C)C(C)C)n1. The van der Waals surface area contributed by atoms with Gasteiger partial charge in [-0.05, 0) is 26.7 Å². The lowest BCUT2D eigenvalue weighted by molar-refractivity contribution is -0.387. The molecule has 1 aromatic rings. The van der Waals surface area contributed by atoms with Gasteiger partial charge in [0.25, 0.3) is 5.88 Å². The minimum atomic E-state index is -0.507. The van der Waals surface area contributed by atoms with E-state index in [-0.39, 0.29) is 23.6 Å². The monoisotopic (exact) mass is 268 g/mol.